The van der Waals surface area contributed by atoms with E-state index >= 15 is 0 Å². The van der Waals surface area contributed by atoms with Crippen LogP contribution in [0.5, 0.6) is 0 Å². The van der Waals surface area contributed by atoms with Crippen molar-refractivity contribution >= 4 is 40.3 Å². The molecule has 2 aromatic carbocycles. The minimum absolute atomic E-state index is 0.220. The molecule has 0 aliphatic rings. The molecule has 9 nitrogen and oxygen atoms in total. The predicted octanol–water partition coefficient (Wildman–Crippen LogP) is 4.63. The summed E-state index contributed by atoms with van der Waals surface area (Å²) in [5.74, 6) is 0.226. The number of carbonyl (C=O) groups excluding carboxylic acids is 1. The van der Waals surface area contributed by atoms with E-state index in [4.69, 9.17) is 11.6 Å². The van der Waals surface area contributed by atoms with Crippen molar-refractivity contribution in [2.75, 3.05) is 12.4 Å². The molecule has 0 aliphatic heterocycles. The van der Waals surface area contributed by atoms with Gasteiger partial charge in [0.2, 0.25) is 0 Å². The maximum atomic E-state index is 13.7. The Kier molecular flexibility index (Phi) is 6.64. The highest BCUT2D eigenvalue weighted by Gasteiger charge is 2.34. The Labute approximate surface area is 196 Å². The lowest BCUT2D eigenvalue weighted by Gasteiger charge is -2.38. The fourth-order valence-electron chi connectivity index (χ4n) is 3.80. The van der Waals surface area contributed by atoms with E-state index in [-0.39, 0.29) is 16.2 Å². The molecular weight excluding hydrogens is 446 g/mol. The number of anilines is 1. The summed E-state index contributed by atoms with van der Waals surface area (Å²) in [5, 5.41) is 15.5. The van der Waals surface area contributed by atoms with Gasteiger partial charge in [-0.2, -0.15) is 0 Å². The van der Waals surface area contributed by atoms with Crippen molar-refractivity contribution in [2.24, 2.45) is 0 Å². The Morgan fingerprint density at radius 2 is 1.85 bits per heavy atom. The van der Waals surface area contributed by atoms with Gasteiger partial charge >= 0.3 is 12.1 Å². The minimum Gasteiger partial charge on any atom is -0.465 e. The molecule has 0 fully saturated rings. The first-order chi connectivity index (χ1) is 15.5. The molecule has 174 valence electrons. The quantitative estimate of drug-likeness (QED) is 0.513. The Hall–Kier alpha value is -3.59. The molecule has 33 heavy (non-hydrogen) atoms. The van der Waals surface area contributed by atoms with E-state index in [1.54, 1.807) is 70.2 Å². The van der Waals surface area contributed by atoms with E-state index in [2.05, 4.69) is 15.6 Å². The predicted molar refractivity (Wildman–Crippen MR) is 128 cm³/mol. The van der Waals surface area contributed by atoms with Crippen LogP contribution >= 0.6 is 11.6 Å². The van der Waals surface area contributed by atoms with Crippen LogP contribution in [0.2, 0.25) is 5.02 Å². The van der Waals surface area contributed by atoms with Crippen LogP contribution in [0, 0.1) is 0 Å². The van der Waals surface area contributed by atoms with Gasteiger partial charge in [0.1, 0.15) is 5.82 Å². The van der Waals surface area contributed by atoms with Gasteiger partial charge in [0.25, 0.3) is 5.56 Å². The standard InChI is InChI=1S/C23H26ClN5O4/c1-13(29(22(32)33)23(2,3)4)19-27-17-11-7-10-16(24)18(17)20(30)28(19)15-9-6-8-14(12-15)26-21(31)25-5/h6-13H,1-5H3,(H,32,33)(H2,25,26,31)/t13-/m0/s1. The van der Waals surface area contributed by atoms with Crippen molar-refractivity contribution in [3.63, 3.8) is 0 Å². The number of carboxylic acid groups (broad SMARTS) is 1. The lowest BCUT2D eigenvalue weighted by molar-refractivity contribution is 0.0719. The monoisotopic (exact) mass is 471 g/mol. The number of rotatable bonds is 4. The third-order valence-corrected chi connectivity index (χ3v) is 5.47. The van der Waals surface area contributed by atoms with Crippen LogP contribution in [0.3, 0.4) is 0 Å². The van der Waals surface area contributed by atoms with E-state index in [0.717, 1.165) is 0 Å². The van der Waals surface area contributed by atoms with Crippen molar-refractivity contribution in [1.82, 2.24) is 19.8 Å². The van der Waals surface area contributed by atoms with Crippen LogP contribution in [-0.2, 0) is 0 Å². The number of halogens is 1. The summed E-state index contributed by atoms with van der Waals surface area (Å²) < 4.78 is 1.34. The van der Waals surface area contributed by atoms with Crippen LogP contribution < -0.4 is 16.2 Å². The molecule has 0 aliphatic carbocycles. The summed E-state index contributed by atoms with van der Waals surface area (Å²) in [6.45, 7) is 6.99. The van der Waals surface area contributed by atoms with Crippen LogP contribution in [0.1, 0.15) is 39.6 Å². The summed E-state index contributed by atoms with van der Waals surface area (Å²) >= 11 is 6.34. The minimum atomic E-state index is -1.14. The van der Waals surface area contributed by atoms with Gasteiger partial charge in [0.05, 0.1) is 27.7 Å². The highest BCUT2D eigenvalue weighted by molar-refractivity contribution is 6.35. The fourth-order valence-corrected chi connectivity index (χ4v) is 4.05. The number of carbonyl (C=O) groups is 2. The number of hydrogen-bond acceptors (Lipinski definition) is 4. The zero-order valence-electron chi connectivity index (χ0n) is 19.0. The number of urea groups is 1. The first-order valence-electron chi connectivity index (χ1n) is 10.3. The van der Waals surface area contributed by atoms with Crippen molar-refractivity contribution in [2.45, 2.75) is 39.3 Å². The summed E-state index contributed by atoms with van der Waals surface area (Å²) in [5.41, 5.74) is 0.0137. The summed E-state index contributed by atoms with van der Waals surface area (Å²) in [6, 6.07) is 10.4. The normalized spacial score (nSPS) is 12.3. The Bertz CT molecular complexity index is 1280. The van der Waals surface area contributed by atoms with Gasteiger partial charge in [-0.25, -0.2) is 14.6 Å². The first kappa shape index (κ1) is 24.1. The van der Waals surface area contributed by atoms with Gasteiger partial charge in [0, 0.05) is 18.3 Å². The largest absolute Gasteiger partial charge is 0.465 e. The molecule has 3 N–H and O–H groups in total. The van der Waals surface area contributed by atoms with E-state index in [0.29, 0.717) is 16.9 Å². The summed E-state index contributed by atoms with van der Waals surface area (Å²) in [6.07, 6.45) is -1.14. The Balaban J connectivity index is 2.34. The fraction of sp³-hybridized carbons (Fsp3) is 0.304. The van der Waals surface area contributed by atoms with Crippen LogP contribution in [-0.4, -0.2) is 44.3 Å². The number of amides is 3. The van der Waals surface area contributed by atoms with Crippen molar-refractivity contribution < 1.29 is 14.7 Å². The number of nitrogens with one attached hydrogen (secondary N) is 2. The molecule has 1 atom stereocenters. The smallest absolute Gasteiger partial charge is 0.408 e. The molecule has 3 amide bonds. The van der Waals surface area contributed by atoms with Crippen LogP contribution in [0.15, 0.2) is 47.3 Å². The van der Waals surface area contributed by atoms with Gasteiger partial charge < -0.3 is 15.7 Å². The molecule has 10 heteroatoms. The third-order valence-electron chi connectivity index (χ3n) is 5.15. The second-order valence-corrected chi connectivity index (χ2v) is 8.91. The highest BCUT2D eigenvalue weighted by atomic mass is 35.5. The number of aromatic nitrogens is 2. The molecule has 1 aromatic heterocycles. The molecule has 0 saturated heterocycles. The molecule has 0 spiro atoms. The third kappa shape index (κ3) is 4.78. The maximum Gasteiger partial charge on any atom is 0.408 e. The number of benzene rings is 2. The average Bonchev–Trinajstić information content (AvgIpc) is 2.72. The second-order valence-electron chi connectivity index (χ2n) is 8.50. The molecule has 1 heterocycles. The van der Waals surface area contributed by atoms with Gasteiger partial charge in [-0.05, 0) is 58.0 Å². The van der Waals surface area contributed by atoms with E-state index in [9.17, 15) is 19.5 Å². The van der Waals surface area contributed by atoms with Gasteiger partial charge in [-0.3, -0.25) is 14.3 Å². The van der Waals surface area contributed by atoms with Crippen LogP contribution in [0.25, 0.3) is 16.6 Å². The lowest BCUT2D eigenvalue weighted by atomic mass is 10.0. The van der Waals surface area contributed by atoms with E-state index < -0.39 is 29.3 Å². The number of fused-ring (bicyclic) bond motifs is 1. The lowest BCUT2D eigenvalue weighted by Crippen LogP contribution is -2.47. The molecular formula is C23H26ClN5O4. The van der Waals surface area contributed by atoms with Gasteiger partial charge in [-0.15, -0.1) is 0 Å². The molecule has 3 aromatic rings. The Morgan fingerprint density at radius 1 is 1.18 bits per heavy atom. The van der Waals surface area contributed by atoms with Crippen molar-refractivity contribution in [1.29, 1.82) is 0 Å². The average molecular weight is 472 g/mol. The molecule has 0 saturated carbocycles. The molecule has 0 bridgehead atoms. The van der Waals surface area contributed by atoms with Gasteiger partial charge in [0.15, 0.2) is 0 Å². The zero-order chi connectivity index (χ0) is 24.5. The molecule has 0 unspecified atom stereocenters. The molecule has 0 radical (unpaired) electrons. The van der Waals surface area contributed by atoms with E-state index in [1.165, 1.54) is 16.5 Å². The summed E-state index contributed by atoms with van der Waals surface area (Å²) in [4.78, 5) is 43.5. The molecule has 3 rings (SSSR count). The number of nitrogens with zero attached hydrogens (tertiary/aromatic N) is 3. The van der Waals surface area contributed by atoms with E-state index in [1.807, 2.05) is 0 Å². The summed E-state index contributed by atoms with van der Waals surface area (Å²) in [7, 11) is 1.49. The SMILES string of the molecule is CNC(=O)Nc1cccc(-n2c([C@H](C)N(C(=O)O)C(C)(C)C)nc3cccc(Cl)c3c2=O)c1. The van der Waals surface area contributed by atoms with Gasteiger partial charge in [-0.1, -0.05) is 23.7 Å². The highest BCUT2D eigenvalue weighted by Crippen LogP contribution is 2.30. The first-order valence-corrected chi connectivity index (χ1v) is 10.7. The maximum absolute atomic E-state index is 13.7. The zero-order valence-corrected chi connectivity index (χ0v) is 19.8. The second kappa shape index (κ2) is 9.11. The van der Waals surface area contributed by atoms with Crippen LogP contribution in [0.4, 0.5) is 15.3 Å². The van der Waals surface area contributed by atoms with Crippen molar-refractivity contribution in [3.05, 3.63) is 63.7 Å². The topological polar surface area (TPSA) is 117 Å². The number of hydrogen-bond donors (Lipinski definition) is 3. The Morgan fingerprint density at radius 3 is 2.45 bits per heavy atom. The van der Waals surface area contributed by atoms with Crippen molar-refractivity contribution in [3.8, 4) is 5.69 Å².